The van der Waals surface area contributed by atoms with Crippen LogP contribution in [0.5, 0.6) is 0 Å². The minimum absolute atomic E-state index is 0.0132. The normalized spacial score (nSPS) is 19.8. The molecule has 0 saturated carbocycles. The van der Waals surface area contributed by atoms with Crippen molar-refractivity contribution in [3.63, 3.8) is 0 Å². The SMILES string of the molecule is COCCNc1ccc(C(=O)N(C)C2CCS(=O)(=O)C2)nn1. The lowest BCUT2D eigenvalue weighted by atomic mass is 10.2. The summed E-state index contributed by atoms with van der Waals surface area (Å²) in [6, 6.07) is 2.94. The van der Waals surface area contributed by atoms with E-state index in [0.29, 0.717) is 25.4 Å². The van der Waals surface area contributed by atoms with Gasteiger partial charge in [0.05, 0.1) is 18.1 Å². The number of carbonyl (C=O) groups excluding carboxylic acids is 1. The highest BCUT2D eigenvalue weighted by molar-refractivity contribution is 7.91. The predicted octanol–water partition coefficient (Wildman–Crippen LogP) is -0.206. The zero-order chi connectivity index (χ0) is 16.2. The quantitative estimate of drug-likeness (QED) is 0.721. The van der Waals surface area contributed by atoms with Gasteiger partial charge in [-0.25, -0.2) is 8.42 Å². The van der Waals surface area contributed by atoms with E-state index >= 15 is 0 Å². The van der Waals surface area contributed by atoms with Crippen molar-refractivity contribution in [2.45, 2.75) is 12.5 Å². The van der Waals surface area contributed by atoms with Crippen LogP contribution in [0, 0.1) is 0 Å². The van der Waals surface area contributed by atoms with E-state index in [0.717, 1.165) is 0 Å². The minimum atomic E-state index is -3.03. The molecule has 2 rings (SSSR count). The van der Waals surface area contributed by atoms with Gasteiger partial charge in [-0.05, 0) is 18.6 Å². The highest BCUT2D eigenvalue weighted by Crippen LogP contribution is 2.18. The van der Waals surface area contributed by atoms with Crippen LogP contribution in [0.2, 0.25) is 0 Å². The maximum Gasteiger partial charge on any atom is 0.274 e. The van der Waals surface area contributed by atoms with Gasteiger partial charge < -0.3 is 15.0 Å². The second-order valence-corrected chi connectivity index (χ2v) is 7.43. The number of methoxy groups -OCH3 is 1. The average Bonchev–Trinajstić information content (AvgIpc) is 2.87. The van der Waals surface area contributed by atoms with Gasteiger partial charge in [0.25, 0.3) is 5.91 Å². The second kappa shape index (κ2) is 7.01. The first-order valence-electron chi connectivity index (χ1n) is 6.97. The minimum Gasteiger partial charge on any atom is -0.383 e. The van der Waals surface area contributed by atoms with Crippen LogP contribution < -0.4 is 5.32 Å². The maximum absolute atomic E-state index is 12.3. The number of carbonyl (C=O) groups is 1. The topological polar surface area (TPSA) is 101 Å². The van der Waals surface area contributed by atoms with Crippen LogP contribution in [0.3, 0.4) is 0 Å². The molecule has 1 aliphatic rings. The summed E-state index contributed by atoms with van der Waals surface area (Å²) in [5, 5.41) is 10.8. The fourth-order valence-electron chi connectivity index (χ4n) is 2.25. The molecule has 1 N–H and O–H groups in total. The molecule has 1 aromatic heterocycles. The van der Waals surface area contributed by atoms with Gasteiger partial charge >= 0.3 is 0 Å². The molecule has 1 saturated heterocycles. The second-order valence-electron chi connectivity index (χ2n) is 5.20. The molecule has 1 unspecified atom stereocenters. The van der Waals surface area contributed by atoms with Gasteiger partial charge in [0, 0.05) is 26.7 Å². The first-order chi connectivity index (χ1) is 10.4. The summed E-state index contributed by atoms with van der Waals surface area (Å²) in [6.07, 6.45) is 0.467. The summed E-state index contributed by atoms with van der Waals surface area (Å²) in [5.41, 5.74) is 0.198. The number of hydrogen-bond donors (Lipinski definition) is 1. The van der Waals surface area contributed by atoms with Crippen molar-refractivity contribution in [3.8, 4) is 0 Å². The number of anilines is 1. The van der Waals surface area contributed by atoms with E-state index in [1.165, 1.54) is 4.90 Å². The van der Waals surface area contributed by atoms with Crippen LogP contribution in [0.25, 0.3) is 0 Å². The van der Waals surface area contributed by atoms with Gasteiger partial charge in [0.2, 0.25) is 0 Å². The van der Waals surface area contributed by atoms with Crippen LogP contribution in [-0.2, 0) is 14.6 Å². The predicted molar refractivity (Wildman–Crippen MR) is 81.6 cm³/mol. The van der Waals surface area contributed by atoms with Crippen LogP contribution in [0.1, 0.15) is 16.9 Å². The van der Waals surface area contributed by atoms with Crippen molar-refractivity contribution in [2.24, 2.45) is 0 Å². The van der Waals surface area contributed by atoms with Gasteiger partial charge in [-0.15, -0.1) is 10.2 Å². The zero-order valence-corrected chi connectivity index (χ0v) is 13.5. The molecule has 22 heavy (non-hydrogen) atoms. The molecule has 2 heterocycles. The molecule has 0 aromatic carbocycles. The van der Waals surface area contributed by atoms with Crippen LogP contribution in [0.15, 0.2) is 12.1 Å². The van der Waals surface area contributed by atoms with Crippen LogP contribution in [-0.4, -0.2) is 74.3 Å². The number of rotatable bonds is 6. The van der Waals surface area contributed by atoms with Crippen molar-refractivity contribution < 1.29 is 17.9 Å². The number of ether oxygens (including phenoxy) is 1. The highest BCUT2D eigenvalue weighted by Gasteiger charge is 2.33. The Labute approximate surface area is 129 Å². The van der Waals surface area contributed by atoms with E-state index in [-0.39, 0.29) is 29.1 Å². The molecular formula is C13H20N4O4S. The third-order valence-electron chi connectivity index (χ3n) is 3.57. The van der Waals surface area contributed by atoms with E-state index in [2.05, 4.69) is 15.5 Å². The number of aromatic nitrogens is 2. The van der Waals surface area contributed by atoms with Gasteiger partial charge in [-0.1, -0.05) is 0 Å². The first kappa shape index (κ1) is 16.6. The Bertz CT molecular complexity index is 617. The van der Waals surface area contributed by atoms with Crippen molar-refractivity contribution in [3.05, 3.63) is 17.8 Å². The molecule has 1 aromatic rings. The Morgan fingerprint density at radius 2 is 2.23 bits per heavy atom. The van der Waals surface area contributed by atoms with Crippen molar-refractivity contribution in [2.75, 3.05) is 44.1 Å². The number of hydrogen-bond acceptors (Lipinski definition) is 7. The molecular weight excluding hydrogens is 308 g/mol. The standard InChI is InChI=1S/C13H20N4O4S/c1-17(10-5-8-22(19,20)9-10)13(18)11-3-4-12(16-15-11)14-6-7-21-2/h3-4,10H,5-9H2,1-2H3,(H,14,16). The third-order valence-corrected chi connectivity index (χ3v) is 5.32. The molecule has 0 bridgehead atoms. The fraction of sp³-hybridized carbons (Fsp3) is 0.615. The van der Waals surface area contributed by atoms with Crippen molar-refractivity contribution >= 4 is 21.6 Å². The summed E-state index contributed by atoms with van der Waals surface area (Å²) in [7, 11) is 0.175. The lowest BCUT2D eigenvalue weighted by Gasteiger charge is -2.22. The Hall–Kier alpha value is -1.74. The Balaban J connectivity index is 1.97. The van der Waals surface area contributed by atoms with Crippen molar-refractivity contribution in [1.82, 2.24) is 15.1 Å². The maximum atomic E-state index is 12.3. The Morgan fingerprint density at radius 1 is 1.45 bits per heavy atom. The molecule has 122 valence electrons. The number of amides is 1. The number of nitrogens with one attached hydrogen (secondary N) is 1. The fourth-order valence-corrected chi connectivity index (χ4v) is 4.02. The average molecular weight is 328 g/mol. The van der Waals surface area contributed by atoms with Gasteiger partial charge in [-0.3, -0.25) is 4.79 Å². The molecule has 0 radical (unpaired) electrons. The van der Waals surface area contributed by atoms with Crippen molar-refractivity contribution in [1.29, 1.82) is 0 Å². The Kier molecular flexibility index (Phi) is 5.30. The lowest BCUT2D eigenvalue weighted by molar-refractivity contribution is 0.0740. The molecule has 1 fully saturated rings. The molecule has 1 atom stereocenters. The van der Waals surface area contributed by atoms with Crippen LogP contribution >= 0.6 is 0 Å². The van der Waals surface area contributed by atoms with Gasteiger partial charge in [-0.2, -0.15) is 0 Å². The largest absolute Gasteiger partial charge is 0.383 e. The smallest absolute Gasteiger partial charge is 0.274 e. The van der Waals surface area contributed by atoms with E-state index in [9.17, 15) is 13.2 Å². The summed E-state index contributed by atoms with van der Waals surface area (Å²) in [5.74, 6) is 0.376. The van der Waals surface area contributed by atoms with E-state index in [1.54, 1.807) is 26.3 Å². The third kappa shape index (κ3) is 4.14. The Morgan fingerprint density at radius 3 is 2.77 bits per heavy atom. The molecule has 8 nitrogen and oxygen atoms in total. The lowest BCUT2D eigenvalue weighted by Crippen LogP contribution is -2.38. The monoisotopic (exact) mass is 328 g/mol. The van der Waals surface area contributed by atoms with E-state index in [1.807, 2.05) is 0 Å². The zero-order valence-electron chi connectivity index (χ0n) is 12.7. The highest BCUT2D eigenvalue weighted by atomic mass is 32.2. The first-order valence-corrected chi connectivity index (χ1v) is 8.79. The number of nitrogens with zero attached hydrogens (tertiary/aromatic N) is 3. The molecule has 0 spiro atoms. The molecule has 1 aliphatic heterocycles. The van der Waals surface area contributed by atoms with Gasteiger partial charge in [0.15, 0.2) is 15.5 Å². The van der Waals surface area contributed by atoms with E-state index < -0.39 is 9.84 Å². The summed E-state index contributed by atoms with van der Waals surface area (Å²) in [6.45, 7) is 1.14. The van der Waals surface area contributed by atoms with E-state index in [4.69, 9.17) is 4.74 Å². The number of sulfone groups is 1. The molecule has 0 aliphatic carbocycles. The van der Waals surface area contributed by atoms with Crippen LogP contribution in [0.4, 0.5) is 5.82 Å². The summed E-state index contributed by atoms with van der Waals surface area (Å²) in [4.78, 5) is 13.7. The molecule has 9 heteroatoms. The summed E-state index contributed by atoms with van der Waals surface area (Å²) < 4.78 is 27.9. The van der Waals surface area contributed by atoms with Gasteiger partial charge in [0.1, 0.15) is 5.82 Å². The molecule has 1 amide bonds. The summed E-state index contributed by atoms with van der Waals surface area (Å²) >= 11 is 0.